The van der Waals surface area contributed by atoms with Crippen LogP contribution in [0.5, 0.6) is 0 Å². The van der Waals surface area contributed by atoms with Gasteiger partial charge >= 0.3 is 0 Å². The molecule has 3 heterocycles. The number of furan rings is 1. The van der Waals surface area contributed by atoms with Crippen LogP contribution in [0.4, 0.5) is 0 Å². The van der Waals surface area contributed by atoms with E-state index < -0.39 is 0 Å². The molecule has 1 aliphatic carbocycles. The largest absolute Gasteiger partial charge is 0.456 e. The molecule has 0 aliphatic heterocycles. The summed E-state index contributed by atoms with van der Waals surface area (Å²) in [5.74, 6) is 1.92. The van der Waals surface area contributed by atoms with Crippen LogP contribution < -0.4 is 10.6 Å². The molecule has 0 bridgehead atoms. The molecule has 0 radical (unpaired) electrons. The summed E-state index contributed by atoms with van der Waals surface area (Å²) < 4.78 is 8.91. The number of rotatable bonds is 6. The molecule has 7 aromatic carbocycles. The second-order valence-electron chi connectivity index (χ2n) is 19.2. The lowest BCUT2D eigenvalue weighted by Gasteiger charge is -2.22. The van der Waals surface area contributed by atoms with Crippen LogP contribution in [0.25, 0.3) is 95.1 Å². The Balaban J connectivity index is 1.25. The highest BCUT2D eigenvalue weighted by molar-refractivity contribution is 6.11. The van der Waals surface area contributed by atoms with Crippen molar-refractivity contribution in [2.75, 3.05) is 0 Å². The highest BCUT2D eigenvalue weighted by Gasteiger charge is 2.26. The molecule has 0 unspecified atom stereocenters. The van der Waals surface area contributed by atoms with Crippen molar-refractivity contribution < 1.29 is 4.42 Å². The maximum absolute atomic E-state index is 6.41. The zero-order valence-corrected chi connectivity index (χ0v) is 37.3. The van der Waals surface area contributed by atoms with Gasteiger partial charge in [0.1, 0.15) is 11.0 Å². The highest BCUT2D eigenvalue weighted by Crippen LogP contribution is 2.45. The van der Waals surface area contributed by atoms with E-state index in [2.05, 4.69) is 186 Å². The van der Waals surface area contributed by atoms with Gasteiger partial charge in [-0.3, -0.25) is 0 Å². The second-order valence-corrected chi connectivity index (χ2v) is 19.2. The summed E-state index contributed by atoms with van der Waals surface area (Å²) in [6.07, 6.45) is 3.82. The molecule has 5 nitrogen and oxygen atoms in total. The lowest BCUT2D eigenvalue weighted by atomic mass is 9.85. The Morgan fingerprint density at radius 1 is 0.469 bits per heavy atom. The third-order valence-corrected chi connectivity index (χ3v) is 12.8. The lowest BCUT2D eigenvalue weighted by Crippen LogP contribution is -2.27. The summed E-state index contributed by atoms with van der Waals surface area (Å²) in [5.41, 5.74) is 15.1. The average Bonchev–Trinajstić information content (AvgIpc) is 3.86. The van der Waals surface area contributed by atoms with Gasteiger partial charge in [0.15, 0.2) is 17.5 Å². The number of para-hydroxylation sites is 1. The molecule has 0 fully saturated rings. The fraction of sp³-hybridized carbons (Fsp3) is 0.169. The van der Waals surface area contributed by atoms with Crippen molar-refractivity contribution in [3.8, 4) is 50.7 Å². The summed E-state index contributed by atoms with van der Waals surface area (Å²) in [6.45, 7) is 13.8. The molecular weight excluding hydrogens is 781 g/mol. The molecule has 0 amide bonds. The van der Waals surface area contributed by atoms with Crippen molar-refractivity contribution in [2.24, 2.45) is 0 Å². The van der Waals surface area contributed by atoms with Gasteiger partial charge in [0.05, 0.1) is 16.7 Å². The quantitative estimate of drug-likeness (QED) is 0.167. The molecule has 11 rings (SSSR count). The molecule has 0 saturated heterocycles. The third kappa shape index (κ3) is 6.83. The Hall–Kier alpha value is -7.37. The fourth-order valence-corrected chi connectivity index (χ4v) is 9.45. The van der Waals surface area contributed by atoms with E-state index in [0.717, 1.165) is 79.1 Å². The Morgan fingerprint density at radius 2 is 0.953 bits per heavy atom. The van der Waals surface area contributed by atoms with E-state index in [9.17, 15) is 0 Å². The molecule has 0 N–H and O–H groups in total. The number of aromatic nitrogens is 4. The monoisotopic (exact) mass is 830 g/mol. The molecule has 1 aliphatic rings. The Labute approximate surface area is 374 Å². The van der Waals surface area contributed by atoms with Crippen LogP contribution in [-0.4, -0.2) is 19.5 Å². The van der Waals surface area contributed by atoms with Gasteiger partial charge in [0.2, 0.25) is 0 Å². The fourth-order valence-electron chi connectivity index (χ4n) is 9.45. The van der Waals surface area contributed by atoms with Gasteiger partial charge in [0, 0.05) is 49.2 Å². The van der Waals surface area contributed by atoms with Gasteiger partial charge in [-0.25, -0.2) is 15.0 Å². The highest BCUT2D eigenvalue weighted by atomic mass is 16.3. The predicted octanol–water partition coefficient (Wildman–Crippen LogP) is 13.8. The summed E-state index contributed by atoms with van der Waals surface area (Å²) in [7, 11) is 0. The maximum atomic E-state index is 6.41. The van der Waals surface area contributed by atoms with Crippen LogP contribution in [0.3, 0.4) is 0 Å². The van der Waals surface area contributed by atoms with Gasteiger partial charge in [0.25, 0.3) is 0 Å². The molecule has 3 aromatic heterocycles. The van der Waals surface area contributed by atoms with Crippen molar-refractivity contribution in [2.45, 2.75) is 65.2 Å². The van der Waals surface area contributed by atoms with Crippen molar-refractivity contribution >= 4 is 44.4 Å². The average molecular weight is 831 g/mol. The standard InChI is InChI=1S/C59H50N4O/c1-58(2,3)41-29-31-49-47(35-41)48-36-42(59(4,5)6)30-32-50(48)63(49)54-45(37-19-10-7-11-20-37)33-40(34-46(54)38-21-12-8-13-22-38)56-60-55(39-23-14-9-15-24-39)61-57(62-56)44-26-18-28-52-53(44)43-25-16-17-27-51(43)64-52/h7-17,19-25,27-36H,18,26H2,1-6H3. The Bertz CT molecular complexity index is 3420. The second kappa shape index (κ2) is 15.2. The SMILES string of the molecule is CC(C)(C)c1ccc2c(c1)c1cc(C(C)(C)C)ccc1n2-c1c(-c2ccccc2)cc(-c2nc(C3=c4c(oc5ccccc45)=CCC3)nc(-c3ccccc3)n2)cc1-c1ccccc1. The summed E-state index contributed by atoms with van der Waals surface area (Å²) >= 11 is 0. The number of fused-ring (bicyclic) bond motifs is 6. The first-order valence-electron chi connectivity index (χ1n) is 22.4. The number of hydrogen-bond acceptors (Lipinski definition) is 4. The maximum Gasteiger partial charge on any atom is 0.164 e. The van der Waals surface area contributed by atoms with Crippen molar-refractivity contribution in [1.82, 2.24) is 19.5 Å². The summed E-state index contributed by atoms with van der Waals surface area (Å²) in [6, 6.07) is 58.8. The van der Waals surface area contributed by atoms with E-state index in [-0.39, 0.29) is 10.8 Å². The topological polar surface area (TPSA) is 56.7 Å². The van der Waals surface area contributed by atoms with E-state index in [1.54, 1.807) is 0 Å². The number of nitrogens with zero attached hydrogens (tertiary/aromatic N) is 4. The van der Waals surface area contributed by atoms with Crippen molar-refractivity contribution in [3.63, 3.8) is 0 Å². The van der Waals surface area contributed by atoms with E-state index in [1.807, 2.05) is 30.3 Å². The molecule has 64 heavy (non-hydrogen) atoms. The van der Waals surface area contributed by atoms with E-state index >= 15 is 0 Å². The predicted molar refractivity (Wildman–Crippen MR) is 265 cm³/mol. The smallest absolute Gasteiger partial charge is 0.164 e. The molecule has 312 valence electrons. The van der Waals surface area contributed by atoms with E-state index in [1.165, 1.54) is 32.9 Å². The first-order valence-corrected chi connectivity index (χ1v) is 22.4. The first-order chi connectivity index (χ1) is 31.0. The molecule has 10 aromatic rings. The lowest BCUT2D eigenvalue weighted by molar-refractivity contribution is 0.571. The minimum atomic E-state index is -0.0151. The van der Waals surface area contributed by atoms with Gasteiger partial charge in [-0.2, -0.15) is 0 Å². The molecule has 5 heteroatoms. The van der Waals surface area contributed by atoms with Crippen LogP contribution in [0.1, 0.15) is 71.3 Å². The zero-order valence-electron chi connectivity index (χ0n) is 37.3. The van der Waals surface area contributed by atoms with Crippen molar-refractivity contribution in [1.29, 1.82) is 0 Å². The van der Waals surface area contributed by atoms with E-state index in [4.69, 9.17) is 19.4 Å². The third-order valence-electron chi connectivity index (χ3n) is 12.8. The Morgan fingerprint density at radius 3 is 1.50 bits per heavy atom. The van der Waals surface area contributed by atoms with Crippen LogP contribution >= 0.6 is 0 Å². The van der Waals surface area contributed by atoms with Crippen LogP contribution in [0, 0.1) is 0 Å². The molecule has 0 spiro atoms. The molecule has 0 saturated carbocycles. The number of hydrogen-bond donors (Lipinski definition) is 0. The van der Waals surface area contributed by atoms with Crippen LogP contribution in [0.2, 0.25) is 0 Å². The van der Waals surface area contributed by atoms with Gasteiger partial charge < -0.3 is 8.98 Å². The molecule has 0 atom stereocenters. The normalized spacial score (nSPS) is 13.1. The minimum absolute atomic E-state index is 0.0151. The van der Waals surface area contributed by atoms with Crippen LogP contribution in [0.15, 0.2) is 168 Å². The first kappa shape index (κ1) is 39.5. The minimum Gasteiger partial charge on any atom is -0.456 e. The van der Waals surface area contributed by atoms with Gasteiger partial charge in [-0.15, -0.1) is 0 Å². The van der Waals surface area contributed by atoms with Crippen molar-refractivity contribution in [3.05, 3.63) is 191 Å². The van der Waals surface area contributed by atoms with Crippen LogP contribution in [-0.2, 0) is 10.8 Å². The summed E-state index contributed by atoms with van der Waals surface area (Å²) in [4.78, 5) is 16.0. The van der Waals surface area contributed by atoms with E-state index in [0.29, 0.717) is 17.5 Å². The zero-order chi connectivity index (χ0) is 43.7. The van der Waals surface area contributed by atoms with Gasteiger partial charge in [-0.05, 0) is 94.5 Å². The Kier molecular flexibility index (Phi) is 9.35. The summed E-state index contributed by atoms with van der Waals surface area (Å²) in [5, 5.41) is 4.64. The van der Waals surface area contributed by atoms with Gasteiger partial charge in [-0.1, -0.05) is 163 Å². The molecular formula is C59H50N4O. The number of benzene rings is 7.